The smallest absolute Gasteiger partial charge is 0.178 e. The summed E-state index contributed by atoms with van der Waals surface area (Å²) in [6.07, 6.45) is 4.48. The summed E-state index contributed by atoms with van der Waals surface area (Å²) in [5.41, 5.74) is 8.24. The van der Waals surface area contributed by atoms with Gasteiger partial charge >= 0.3 is 0 Å². The van der Waals surface area contributed by atoms with E-state index in [0.717, 1.165) is 55.4 Å². The number of aromatic nitrogens is 4. The minimum Gasteiger partial charge on any atom is -0.297 e. The molecule has 1 unspecified atom stereocenters. The number of hydrogen-bond donors (Lipinski definition) is 0. The molecule has 0 bridgehead atoms. The Kier molecular flexibility index (Phi) is 8.12. The highest BCUT2D eigenvalue weighted by Crippen LogP contribution is 2.32. The van der Waals surface area contributed by atoms with E-state index in [0.29, 0.717) is 0 Å². The lowest BCUT2D eigenvalue weighted by molar-refractivity contribution is 0.113. The van der Waals surface area contributed by atoms with Crippen LogP contribution in [0.4, 0.5) is 0 Å². The Morgan fingerprint density at radius 3 is 2.02 bits per heavy atom. The van der Waals surface area contributed by atoms with Gasteiger partial charge in [0.25, 0.3) is 0 Å². The first-order valence-electron chi connectivity index (χ1n) is 14.4. The molecule has 1 aliphatic rings. The zero-order valence-electron chi connectivity index (χ0n) is 23.8. The van der Waals surface area contributed by atoms with Crippen LogP contribution in [0.1, 0.15) is 34.1 Å². The van der Waals surface area contributed by atoms with Gasteiger partial charge in [-0.05, 0) is 57.7 Å². The van der Waals surface area contributed by atoms with Crippen molar-refractivity contribution in [3.8, 4) is 16.8 Å². The molecule has 0 N–H and O–H groups in total. The summed E-state index contributed by atoms with van der Waals surface area (Å²) in [5, 5.41) is 13.3. The van der Waals surface area contributed by atoms with Gasteiger partial charge in [-0.25, -0.2) is 0 Å². The van der Waals surface area contributed by atoms with E-state index in [2.05, 4.69) is 154 Å². The number of para-hydroxylation sites is 1. The molecular weight excluding hydrogens is 504 g/mol. The van der Waals surface area contributed by atoms with Crippen molar-refractivity contribution in [1.29, 1.82) is 0 Å². The van der Waals surface area contributed by atoms with Crippen LogP contribution in [0.3, 0.4) is 0 Å². The topological polar surface area (TPSA) is 50.1 Å². The van der Waals surface area contributed by atoms with Crippen molar-refractivity contribution in [3.63, 3.8) is 0 Å². The standard InChI is InChI=1S/C35H36N6/c1-27-11-9-12-28(2)33(27)41-35(36-37-38-41)34(32-20-18-31(19-21-32)30-16-7-4-8-17-30)40-25-23-39(24-26-40)22-10-15-29-13-5-3-6-14-29/h3-21,34H,22-26H2,1-2H3/b15-10+. The Balaban J connectivity index is 1.28. The molecule has 1 aliphatic heterocycles. The molecule has 206 valence electrons. The fourth-order valence-electron chi connectivity index (χ4n) is 5.78. The van der Waals surface area contributed by atoms with Crippen LogP contribution < -0.4 is 0 Å². The number of aryl methyl sites for hydroxylation is 2. The van der Waals surface area contributed by atoms with E-state index < -0.39 is 0 Å². The molecule has 1 saturated heterocycles. The van der Waals surface area contributed by atoms with Crippen molar-refractivity contribution in [2.45, 2.75) is 19.9 Å². The zero-order chi connectivity index (χ0) is 28.0. The lowest BCUT2D eigenvalue weighted by Crippen LogP contribution is -2.48. The Morgan fingerprint density at radius 2 is 1.34 bits per heavy atom. The quantitative estimate of drug-likeness (QED) is 0.229. The first kappa shape index (κ1) is 26.8. The van der Waals surface area contributed by atoms with Crippen molar-refractivity contribution >= 4 is 6.08 Å². The fraction of sp³-hybridized carbons (Fsp3) is 0.229. The molecule has 6 rings (SSSR count). The van der Waals surface area contributed by atoms with E-state index in [9.17, 15) is 0 Å². The van der Waals surface area contributed by atoms with Crippen molar-refractivity contribution in [3.05, 3.63) is 137 Å². The van der Waals surface area contributed by atoms with E-state index in [4.69, 9.17) is 0 Å². The van der Waals surface area contributed by atoms with Gasteiger partial charge in [0.05, 0.1) is 11.7 Å². The van der Waals surface area contributed by atoms with Crippen LogP contribution in [-0.4, -0.2) is 62.7 Å². The van der Waals surface area contributed by atoms with Crippen LogP contribution in [0, 0.1) is 13.8 Å². The first-order valence-corrected chi connectivity index (χ1v) is 14.4. The molecule has 2 heterocycles. The van der Waals surface area contributed by atoms with Gasteiger partial charge in [0.2, 0.25) is 0 Å². The maximum atomic E-state index is 4.64. The summed E-state index contributed by atoms with van der Waals surface area (Å²) in [6, 6.07) is 36.2. The molecule has 5 aromatic rings. The van der Waals surface area contributed by atoms with Gasteiger partial charge < -0.3 is 0 Å². The van der Waals surface area contributed by atoms with E-state index in [1.54, 1.807) is 0 Å². The summed E-state index contributed by atoms with van der Waals surface area (Å²) < 4.78 is 1.95. The average Bonchev–Trinajstić information content (AvgIpc) is 3.48. The Morgan fingerprint density at radius 1 is 0.707 bits per heavy atom. The number of rotatable bonds is 8. The monoisotopic (exact) mass is 540 g/mol. The maximum absolute atomic E-state index is 4.64. The molecule has 1 atom stereocenters. The molecule has 41 heavy (non-hydrogen) atoms. The predicted octanol–water partition coefficient (Wildman–Crippen LogP) is 6.37. The van der Waals surface area contributed by atoms with Gasteiger partial charge in [-0.3, -0.25) is 9.80 Å². The molecule has 0 radical (unpaired) electrons. The molecule has 0 saturated carbocycles. The number of tetrazole rings is 1. The lowest BCUT2D eigenvalue weighted by Gasteiger charge is -2.38. The summed E-state index contributed by atoms with van der Waals surface area (Å²) in [7, 11) is 0. The molecule has 0 spiro atoms. The Bertz CT molecular complexity index is 1560. The highest BCUT2D eigenvalue weighted by molar-refractivity contribution is 5.63. The van der Waals surface area contributed by atoms with E-state index in [1.807, 2.05) is 4.68 Å². The number of benzene rings is 4. The molecular formula is C35H36N6. The fourth-order valence-corrected chi connectivity index (χ4v) is 5.78. The molecule has 6 heteroatoms. The molecule has 0 aliphatic carbocycles. The predicted molar refractivity (Wildman–Crippen MR) is 166 cm³/mol. The number of nitrogens with zero attached hydrogens (tertiary/aromatic N) is 6. The van der Waals surface area contributed by atoms with Crippen molar-refractivity contribution in [2.24, 2.45) is 0 Å². The van der Waals surface area contributed by atoms with Crippen molar-refractivity contribution in [1.82, 2.24) is 30.0 Å². The van der Waals surface area contributed by atoms with Gasteiger partial charge in [-0.2, -0.15) is 4.68 Å². The van der Waals surface area contributed by atoms with E-state index >= 15 is 0 Å². The van der Waals surface area contributed by atoms with Gasteiger partial charge in [0.15, 0.2) is 5.82 Å². The van der Waals surface area contributed by atoms with Crippen molar-refractivity contribution < 1.29 is 0 Å². The molecule has 1 fully saturated rings. The summed E-state index contributed by atoms with van der Waals surface area (Å²) in [5.74, 6) is 0.854. The van der Waals surface area contributed by atoms with Gasteiger partial charge in [-0.1, -0.05) is 115 Å². The number of piperazine rings is 1. The minimum atomic E-state index is -0.0594. The molecule has 4 aromatic carbocycles. The minimum absolute atomic E-state index is 0.0594. The lowest BCUT2D eigenvalue weighted by atomic mass is 9.98. The second-order valence-electron chi connectivity index (χ2n) is 10.7. The largest absolute Gasteiger partial charge is 0.297 e. The highest BCUT2D eigenvalue weighted by atomic mass is 15.6. The first-order chi connectivity index (χ1) is 20.2. The Hall–Kier alpha value is -4.39. The molecule has 1 aromatic heterocycles. The summed E-state index contributed by atoms with van der Waals surface area (Å²) >= 11 is 0. The van der Waals surface area contributed by atoms with Crippen molar-refractivity contribution in [2.75, 3.05) is 32.7 Å². The average molecular weight is 541 g/mol. The second kappa shape index (κ2) is 12.4. The third-order valence-corrected chi connectivity index (χ3v) is 7.97. The van der Waals surface area contributed by atoms with E-state index in [1.165, 1.54) is 22.3 Å². The molecule has 0 amide bonds. The third kappa shape index (κ3) is 6.04. The highest BCUT2D eigenvalue weighted by Gasteiger charge is 2.31. The van der Waals surface area contributed by atoms with Gasteiger partial charge in [0, 0.05) is 32.7 Å². The second-order valence-corrected chi connectivity index (χ2v) is 10.7. The summed E-state index contributed by atoms with van der Waals surface area (Å²) in [4.78, 5) is 5.05. The van der Waals surface area contributed by atoms with Crippen LogP contribution in [0.5, 0.6) is 0 Å². The summed E-state index contributed by atoms with van der Waals surface area (Å²) in [6.45, 7) is 9.04. The third-order valence-electron chi connectivity index (χ3n) is 7.97. The molecule has 6 nitrogen and oxygen atoms in total. The van der Waals surface area contributed by atoms with Crippen LogP contribution in [0.2, 0.25) is 0 Å². The van der Waals surface area contributed by atoms with Crippen LogP contribution in [0.15, 0.2) is 109 Å². The zero-order valence-corrected chi connectivity index (χ0v) is 23.8. The normalized spacial score (nSPS) is 15.4. The van der Waals surface area contributed by atoms with Crippen LogP contribution in [-0.2, 0) is 0 Å². The van der Waals surface area contributed by atoms with Gasteiger partial charge in [-0.15, -0.1) is 5.10 Å². The number of hydrogen-bond acceptors (Lipinski definition) is 5. The van der Waals surface area contributed by atoms with E-state index in [-0.39, 0.29) is 6.04 Å². The van der Waals surface area contributed by atoms with Crippen LogP contribution >= 0.6 is 0 Å². The van der Waals surface area contributed by atoms with Gasteiger partial charge in [0.1, 0.15) is 0 Å². The Labute approximate surface area is 242 Å². The maximum Gasteiger partial charge on any atom is 0.178 e. The SMILES string of the molecule is Cc1cccc(C)c1-n1nnnc1C(c1ccc(-c2ccccc2)cc1)N1CCN(C/C=C/c2ccccc2)CC1. The van der Waals surface area contributed by atoms with Crippen LogP contribution in [0.25, 0.3) is 22.9 Å².